The van der Waals surface area contributed by atoms with E-state index in [1.807, 2.05) is 0 Å². The summed E-state index contributed by atoms with van der Waals surface area (Å²) in [5, 5.41) is 2.25. The summed E-state index contributed by atoms with van der Waals surface area (Å²) in [5.41, 5.74) is 0.424. The second-order valence-electron chi connectivity index (χ2n) is 3.04. The van der Waals surface area contributed by atoms with E-state index in [1.54, 1.807) is 0 Å². The molecule has 1 fully saturated rings. The summed E-state index contributed by atoms with van der Waals surface area (Å²) in [6.07, 6.45) is 2.74. The van der Waals surface area contributed by atoms with Gasteiger partial charge in [0.05, 0.1) is 5.92 Å². The average molecular weight is 167 g/mol. The Morgan fingerprint density at radius 1 is 1.50 bits per heavy atom. The molecular weight excluding hydrogens is 154 g/mol. The van der Waals surface area contributed by atoms with Crippen LogP contribution in [0.4, 0.5) is 0 Å². The van der Waals surface area contributed by atoms with E-state index in [1.165, 1.54) is 0 Å². The molecule has 1 N–H and O–H groups in total. The van der Waals surface area contributed by atoms with Crippen molar-refractivity contribution in [2.75, 3.05) is 0 Å². The van der Waals surface area contributed by atoms with Gasteiger partial charge in [0.25, 0.3) is 5.91 Å². The third-order valence-corrected chi connectivity index (χ3v) is 2.11. The lowest BCUT2D eigenvalue weighted by Crippen LogP contribution is -2.21. The van der Waals surface area contributed by atoms with Crippen molar-refractivity contribution in [1.29, 1.82) is 0 Å². The summed E-state index contributed by atoms with van der Waals surface area (Å²) in [6.45, 7) is 5.64. The number of carbonyl (C=O) groups is 2. The summed E-state index contributed by atoms with van der Waals surface area (Å²) in [4.78, 5) is 22.0. The molecule has 0 radical (unpaired) electrons. The average Bonchev–Trinajstić information content (AvgIpc) is 2.25. The Kier molecular flexibility index (Phi) is 2.63. The maximum Gasteiger partial charge on any atom is 0.253 e. The molecule has 12 heavy (non-hydrogen) atoms. The largest absolute Gasteiger partial charge is 0.292 e. The molecule has 66 valence electrons. The second kappa shape index (κ2) is 3.52. The molecule has 2 amide bonds. The van der Waals surface area contributed by atoms with Crippen LogP contribution < -0.4 is 5.32 Å². The maximum atomic E-state index is 11.1. The number of rotatable bonds is 3. The molecule has 1 aliphatic heterocycles. The summed E-state index contributed by atoms with van der Waals surface area (Å²) in [5.74, 6) is -0.753. The number of imide groups is 1. The fraction of sp³-hybridized carbons (Fsp3) is 0.556. The molecule has 1 aliphatic rings. The van der Waals surface area contributed by atoms with Gasteiger partial charge in [-0.1, -0.05) is 26.3 Å². The van der Waals surface area contributed by atoms with Crippen molar-refractivity contribution in [3.8, 4) is 0 Å². The molecule has 0 aliphatic carbocycles. The minimum Gasteiger partial charge on any atom is -0.292 e. The highest BCUT2D eigenvalue weighted by molar-refractivity contribution is 6.14. The molecule has 0 aromatic heterocycles. The van der Waals surface area contributed by atoms with Crippen LogP contribution in [-0.2, 0) is 9.59 Å². The van der Waals surface area contributed by atoms with Gasteiger partial charge in [-0.3, -0.25) is 14.9 Å². The van der Waals surface area contributed by atoms with Gasteiger partial charge in [0.15, 0.2) is 0 Å². The number of unbranched alkanes of at least 4 members (excludes halogenated alkanes) is 1. The van der Waals surface area contributed by atoms with Gasteiger partial charge in [0.2, 0.25) is 5.91 Å². The van der Waals surface area contributed by atoms with E-state index >= 15 is 0 Å². The van der Waals surface area contributed by atoms with Crippen LogP contribution in [0.5, 0.6) is 0 Å². The lowest BCUT2D eigenvalue weighted by molar-refractivity contribution is -0.125. The first-order chi connectivity index (χ1) is 5.66. The summed E-state index contributed by atoms with van der Waals surface area (Å²) < 4.78 is 0. The van der Waals surface area contributed by atoms with Crippen molar-refractivity contribution in [2.24, 2.45) is 5.92 Å². The Morgan fingerprint density at radius 2 is 2.17 bits per heavy atom. The molecule has 0 spiro atoms. The van der Waals surface area contributed by atoms with Crippen molar-refractivity contribution in [3.05, 3.63) is 12.2 Å². The van der Waals surface area contributed by atoms with E-state index in [0.717, 1.165) is 19.3 Å². The molecule has 1 unspecified atom stereocenters. The summed E-state index contributed by atoms with van der Waals surface area (Å²) >= 11 is 0. The molecule has 0 aromatic carbocycles. The molecule has 0 aromatic rings. The second-order valence-corrected chi connectivity index (χ2v) is 3.04. The Morgan fingerprint density at radius 3 is 2.58 bits per heavy atom. The summed E-state index contributed by atoms with van der Waals surface area (Å²) in [7, 11) is 0. The molecule has 0 saturated carbocycles. The molecule has 1 heterocycles. The van der Waals surface area contributed by atoms with Gasteiger partial charge in [-0.25, -0.2) is 0 Å². The molecule has 3 heteroatoms. The van der Waals surface area contributed by atoms with E-state index in [9.17, 15) is 9.59 Å². The first-order valence-electron chi connectivity index (χ1n) is 4.20. The third-order valence-electron chi connectivity index (χ3n) is 2.11. The van der Waals surface area contributed by atoms with Gasteiger partial charge >= 0.3 is 0 Å². The van der Waals surface area contributed by atoms with Crippen LogP contribution in [-0.4, -0.2) is 11.8 Å². The van der Waals surface area contributed by atoms with Crippen LogP contribution in [0.1, 0.15) is 26.2 Å². The smallest absolute Gasteiger partial charge is 0.253 e. The number of carbonyl (C=O) groups excluding carboxylic acids is 2. The first kappa shape index (κ1) is 8.97. The standard InChI is InChI=1S/C9H13NO2/c1-3-4-5-7-6(2)8(11)10-9(7)12/h7H,2-5H2,1H3,(H,10,11,12). The van der Waals surface area contributed by atoms with Crippen LogP contribution in [0.25, 0.3) is 0 Å². The van der Waals surface area contributed by atoms with Crippen LogP contribution in [0.15, 0.2) is 12.2 Å². The Hall–Kier alpha value is -1.12. The van der Waals surface area contributed by atoms with Crippen LogP contribution in [0.2, 0.25) is 0 Å². The van der Waals surface area contributed by atoms with Gasteiger partial charge < -0.3 is 0 Å². The molecular formula is C9H13NO2. The number of hydrogen-bond donors (Lipinski definition) is 1. The van der Waals surface area contributed by atoms with Crippen molar-refractivity contribution in [1.82, 2.24) is 5.32 Å². The molecule has 1 saturated heterocycles. The van der Waals surface area contributed by atoms with Gasteiger partial charge in [0, 0.05) is 5.57 Å². The van der Waals surface area contributed by atoms with Gasteiger partial charge in [0.1, 0.15) is 0 Å². The van der Waals surface area contributed by atoms with Crippen molar-refractivity contribution >= 4 is 11.8 Å². The third kappa shape index (κ3) is 1.55. The lowest BCUT2D eigenvalue weighted by atomic mass is 9.97. The zero-order valence-corrected chi connectivity index (χ0v) is 7.22. The Bertz CT molecular complexity index is 233. The van der Waals surface area contributed by atoms with Crippen molar-refractivity contribution in [2.45, 2.75) is 26.2 Å². The highest BCUT2D eigenvalue weighted by Crippen LogP contribution is 2.21. The topological polar surface area (TPSA) is 46.2 Å². The monoisotopic (exact) mass is 167 g/mol. The molecule has 1 atom stereocenters. The van der Waals surface area contributed by atoms with Gasteiger partial charge in [-0.15, -0.1) is 0 Å². The highest BCUT2D eigenvalue weighted by Gasteiger charge is 2.33. The zero-order chi connectivity index (χ0) is 9.14. The fourth-order valence-electron chi connectivity index (χ4n) is 1.31. The maximum absolute atomic E-state index is 11.1. The first-order valence-corrected chi connectivity index (χ1v) is 4.20. The van der Waals surface area contributed by atoms with E-state index in [-0.39, 0.29) is 17.7 Å². The van der Waals surface area contributed by atoms with Gasteiger partial charge in [-0.05, 0) is 6.42 Å². The number of nitrogens with one attached hydrogen (secondary N) is 1. The predicted octanol–water partition coefficient (Wildman–Crippen LogP) is 1.01. The minimum atomic E-state index is -0.305. The highest BCUT2D eigenvalue weighted by atomic mass is 16.2. The van der Waals surface area contributed by atoms with Crippen LogP contribution >= 0.6 is 0 Å². The minimum absolute atomic E-state index is 0.182. The van der Waals surface area contributed by atoms with E-state index < -0.39 is 0 Å². The SMILES string of the molecule is C=C1C(=O)NC(=O)C1CCCC. The van der Waals surface area contributed by atoms with Crippen LogP contribution in [0.3, 0.4) is 0 Å². The fourth-order valence-corrected chi connectivity index (χ4v) is 1.31. The van der Waals surface area contributed by atoms with E-state index in [0.29, 0.717) is 5.57 Å². The zero-order valence-electron chi connectivity index (χ0n) is 7.22. The number of hydrogen-bond acceptors (Lipinski definition) is 2. The predicted molar refractivity (Wildman–Crippen MR) is 45.3 cm³/mol. The Balaban J connectivity index is 2.58. The van der Waals surface area contributed by atoms with E-state index in [4.69, 9.17) is 0 Å². The van der Waals surface area contributed by atoms with E-state index in [2.05, 4.69) is 18.8 Å². The van der Waals surface area contributed by atoms with Crippen LogP contribution in [0, 0.1) is 5.92 Å². The quantitative estimate of drug-likeness (QED) is 0.503. The number of amides is 2. The molecule has 3 nitrogen and oxygen atoms in total. The Labute approximate surface area is 71.8 Å². The normalized spacial score (nSPS) is 23.1. The summed E-state index contributed by atoms with van der Waals surface area (Å²) in [6, 6.07) is 0. The van der Waals surface area contributed by atoms with Crippen molar-refractivity contribution < 1.29 is 9.59 Å². The molecule has 1 rings (SSSR count). The lowest BCUT2D eigenvalue weighted by Gasteiger charge is -2.04. The van der Waals surface area contributed by atoms with Gasteiger partial charge in [-0.2, -0.15) is 0 Å². The molecule has 0 bridgehead atoms. The van der Waals surface area contributed by atoms with Crippen molar-refractivity contribution in [3.63, 3.8) is 0 Å².